The zero-order valence-corrected chi connectivity index (χ0v) is 20.5. The van der Waals surface area contributed by atoms with Crippen LogP contribution in [0.2, 0.25) is 5.02 Å². The molecule has 3 aromatic carbocycles. The molecule has 1 amide bonds. The normalized spacial score (nSPS) is 11.2. The number of carbonyl (C=O) groups excluding carboxylic acids is 1. The molecule has 3 rings (SSSR count). The molecule has 0 heterocycles. The Balaban J connectivity index is 1.98. The minimum absolute atomic E-state index is 0.118. The number of sulfonamides is 1. The molecule has 0 saturated heterocycles. The Morgan fingerprint density at radius 3 is 2.38 bits per heavy atom. The summed E-state index contributed by atoms with van der Waals surface area (Å²) < 4.78 is 28.2. The number of halogens is 1. The number of hydrogen-bond donors (Lipinski definition) is 1. The largest absolute Gasteiger partial charge is 0.323 e. The number of nitrogens with zero attached hydrogens (tertiary/aromatic N) is 1. The van der Waals surface area contributed by atoms with Crippen molar-refractivity contribution in [1.82, 2.24) is 0 Å². The Labute approximate surface area is 198 Å². The van der Waals surface area contributed by atoms with Crippen LogP contribution in [0.4, 0.5) is 11.4 Å². The highest BCUT2D eigenvalue weighted by Crippen LogP contribution is 2.30. The average molecular weight is 489 g/mol. The third-order valence-electron chi connectivity index (χ3n) is 4.78. The molecular formula is C24H25ClN2O3S2. The molecule has 0 fully saturated rings. The van der Waals surface area contributed by atoms with E-state index >= 15 is 0 Å². The summed E-state index contributed by atoms with van der Waals surface area (Å²) in [6.07, 6.45) is 0. The van der Waals surface area contributed by atoms with Gasteiger partial charge in [0.25, 0.3) is 10.0 Å². The molecule has 0 aliphatic heterocycles. The van der Waals surface area contributed by atoms with Crippen molar-refractivity contribution in [2.75, 3.05) is 21.9 Å². The van der Waals surface area contributed by atoms with Gasteiger partial charge in [-0.2, -0.15) is 0 Å². The van der Waals surface area contributed by atoms with Crippen LogP contribution >= 0.6 is 23.4 Å². The van der Waals surface area contributed by atoms with Gasteiger partial charge >= 0.3 is 0 Å². The SMILES string of the molecule is CCSc1ccccc1NC(=O)CN(c1ccc(Cl)cc1C)S(=O)(=O)c1ccc(C)cc1. The van der Waals surface area contributed by atoms with E-state index in [1.165, 1.54) is 0 Å². The van der Waals surface area contributed by atoms with Crippen molar-refractivity contribution in [3.8, 4) is 0 Å². The van der Waals surface area contributed by atoms with Crippen LogP contribution < -0.4 is 9.62 Å². The van der Waals surface area contributed by atoms with Crippen LogP contribution in [-0.4, -0.2) is 26.6 Å². The summed E-state index contributed by atoms with van der Waals surface area (Å²) in [5, 5.41) is 3.36. The first-order valence-corrected chi connectivity index (χ1v) is 12.9. The molecule has 0 aliphatic carbocycles. The van der Waals surface area contributed by atoms with Gasteiger partial charge in [0.1, 0.15) is 6.54 Å². The Morgan fingerprint density at radius 2 is 1.72 bits per heavy atom. The van der Waals surface area contributed by atoms with Gasteiger partial charge < -0.3 is 5.32 Å². The van der Waals surface area contributed by atoms with E-state index in [0.717, 1.165) is 20.5 Å². The van der Waals surface area contributed by atoms with E-state index in [2.05, 4.69) is 5.32 Å². The van der Waals surface area contributed by atoms with Crippen molar-refractivity contribution in [3.63, 3.8) is 0 Å². The van der Waals surface area contributed by atoms with Gasteiger partial charge in [0, 0.05) is 9.92 Å². The molecule has 3 aromatic rings. The number of para-hydroxylation sites is 1. The van der Waals surface area contributed by atoms with E-state index in [0.29, 0.717) is 22.0 Å². The van der Waals surface area contributed by atoms with E-state index in [1.807, 2.05) is 38.1 Å². The van der Waals surface area contributed by atoms with Crippen LogP contribution in [0.25, 0.3) is 0 Å². The standard InChI is InChI=1S/C24H25ClN2O3S2/c1-4-31-23-8-6-5-7-21(23)26-24(28)16-27(22-14-11-19(25)15-18(22)3)32(29,30)20-12-9-17(2)10-13-20/h5-15H,4,16H2,1-3H3,(H,26,28). The van der Waals surface area contributed by atoms with E-state index in [-0.39, 0.29) is 11.4 Å². The minimum Gasteiger partial charge on any atom is -0.323 e. The molecule has 0 spiro atoms. The number of aryl methyl sites for hydroxylation is 2. The summed E-state index contributed by atoms with van der Waals surface area (Å²) in [5.74, 6) is 0.421. The van der Waals surface area contributed by atoms with Crippen molar-refractivity contribution < 1.29 is 13.2 Å². The molecular weight excluding hydrogens is 464 g/mol. The molecule has 0 unspecified atom stereocenters. The summed E-state index contributed by atoms with van der Waals surface area (Å²) in [4.78, 5) is 14.1. The highest BCUT2D eigenvalue weighted by Gasteiger charge is 2.28. The van der Waals surface area contributed by atoms with Gasteiger partial charge in [-0.3, -0.25) is 9.10 Å². The maximum absolute atomic E-state index is 13.5. The Morgan fingerprint density at radius 1 is 1.03 bits per heavy atom. The summed E-state index contributed by atoms with van der Waals surface area (Å²) >= 11 is 7.69. The minimum atomic E-state index is -3.99. The number of amides is 1. The molecule has 5 nitrogen and oxygen atoms in total. The van der Waals surface area contributed by atoms with Crippen LogP contribution in [0, 0.1) is 13.8 Å². The first-order chi connectivity index (χ1) is 15.2. The molecule has 0 saturated carbocycles. The first-order valence-electron chi connectivity index (χ1n) is 10.1. The van der Waals surface area contributed by atoms with Gasteiger partial charge in [0.05, 0.1) is 16.3 Å². The monoisotopic (exact) mass is 488 g/mol. The highest BCUT2D eigenvalue weighted by molar-refractivity contribution is 7.99. The lowest BCUT2D eigenvalue weighted by atomic mass is 10.2. The number of rotatable bonds is 8. The average Bonchev–Trinajstić information content (AvgIpc) is 2.74. The van der Waals surface area contributed by atoms with Gasteiger partial charge in [-0.15, -0.1) is 11.8 Å². The van der Waals surface area contributed by atoms with Crippen molar-refractivity contribution in [2.24, 2.45) is 0 Å². The van der Waals surface area contributed by atoms with Crippen molar-refractivity contribution in [3.05, 3.63) is 82.9 Å². The summed E-state index contributed by atoms with van der Waals surface area (Å²) in [5.41, 5.74) is 2.66. The molecule has 1 N–H and O–H groups in total. The fraction of sp³-hybridized carbons (Fsp3) is 0.208. The fourth-order valence-corrected chi connectivity index (χ4v) is 5.68. The van der Waals surface area contributed by atoms with E-state index in [1.54, 1.807) is 61.2 Å². The van der Waals surface area contributed by atoms with Crippen LogP contribution in [0.1, 0.15) is 18.1 Å². The second kappa shape index (κ2) is 10.4. The van der Waals surface area contributed by atoms with Gasteiger partial charge in [0.15, 0.2) is 0 Å². The molecule has 0 aromatic heterocycles. The van der Waals surface area contributed by atoms with E-state index in [4.69, 9.17) is 11.6 Å². The van der Waals surface area contributed by atoms with Crippen molar-refractivity contribution >= 4 is 50.7 Å². The third kappa shape index (κ3) is 5.65. The summed E-state index contributed by atoms with van der Waals surface area (Å²) in [7, 11) is -3.99. The van der Waals surface area contributed by atoms with Crippen molar-refractivity contribution in [1.29, 1.82) is 0 Å². The quantitative estimate of drug-likeness (QED) is 0.401. The molecule has 0 bridgehead atoms. The lowest BCUT2D eigenvalue weighted by molar-refractivity contribution is -0.114. The van der Waals surface area contributed by atoms with Gasteiger partial charge in [0.2, 0.25) is 5.91 Å². The van der Waals surface area contributed by atoms with Gasteiger partial charge in [-0.25, -0.2) is 8.42 Å². The lowest BCUT2D eigenvalue weighted by Gasteiger charge is -2.26. The predicted molar refractivity (Wildman–Crippen MR) is 133 cm³/mol. The van der Waals surface area contributed by atoms with Gasteiger partial charge in [-0.1, -0.05) is 48.4 Å². The van der Waals surface area contributed by atoms with Gasteiger partial charge in [-0.05, 0) is 67.6 Å². The summed E-state index contributed by atoms with van der Waals surface area (Å²) in [6.45, 7) is 5.31. The second-order valence-corrected chi connectivity index (χ2v) is 10.8. The van der Waals surface area contributed by atoms with E-state index < -0.39 is 15.9 Å². The summed E-state index contributed by atoms with van der Waals surface area (Å²) in [6, 6.07) is 19.0. The number of benzene rings is 3. The topological polar surface area (TPSA) is 66.5 Å². The zero-order chi connectivity index (χ0) is 23.3. The molecule has 0 atom stereocenters. The van der Waals surface area contributed by atoms with Crippen molar-refractivity contribution in [2.45, 2.75) is 30.6 Å². The van der Waals surface area contributed by atoms with E-state index in [9.17, 15) is 13.2 Å². The maximum atomic E-state index is 13.5. The number of thioether (sulfide) groups is 1. The van der Waals surface area contributed by atoms with Crippen LogP contribution in [0.5, 0.6) is 0 Å². The van der Waals surface area contributed by atoms with Crippen LogP contribution in [0.15, 0.2) is 76.5 Å². The van der Waals surface area contributed by atoms with Crippen LogP contribution in [0.3, 0.4) is 0 Å². The van der Waals surface area contributed by atoms with Crippen LogP contribution in [-0.2, 0) is 14.8 Å². The molecule has 32 heavy (non-hydrogen) atoms. The number of hydrogen-bond acceptors (Lipinski definition) is 4. The smallest absolute Gasteiger partial charge is 0.264 e. The molecule has 0 radical (unpaired) electrons. The fourth-order valence-electron chi connectivity index (χ4n) is 3.21. The number of carbonyl (C=O) groups is 1. The Bertz CT molecular complexity index is 1210. The highest BCUT2D eigenvalue weighted by atomic mass is 35.5. The Kier molecular flexibility index (Phi) is 7.87. The molecule has 0 aliphatic rings. The third-order valence-corrected chi connectivity index (χ3v) is 7.75. The first kappa shape index (κ1) is 24.2. The number of nitrogens with one attached hydrogen (secondary N) is 1. The molecule has 168 valence electrons. The number of anilines is 2. The lowest BCUT2D eigenvalue weighted by Crippen LogP contribution is -2.38. The Hall–Kier alpha value is -2.48. The maximum Gasteiger partial charge on any atom is 0.264 e. The zero-order valence-electron chi connectivity index (χ0n) is 18.1. The molecule has 8 heteroatoms. The predicted octanol–water partition coefficient (Wildman–Crippen LogP) is 5.90. The second-order valence-electron chi connectivity index (χ2n) is 7.23.